The molecule has 0 spiro atoms. The maximum absolute atomic E-state index is 13.8. The Morgan fingerprint density at radius 1 is 1.16 bits per heavy atom. The number of halogens is 2. The van der Waals surface area contributed by atoms with Crippen molar-refractivity contribution >= 4 is 34.6 Å². The van der Waals surface area contributed by atoms with Crippen LogP contribution in [0.5, 0.6) is 0 Å². The van der Waals surface area contributed by atoms with Gasteiger partial charge in [0, 0.05) is 16.6 Å². The second-order valence-electron chi connectivity index (χ2n) is 8.50. The minimum Gasteiger partial charge on any atom is -0.296 e. The van der Waals surface area contributed by atoms with Crippen LogP contribution in [-0.4, -0.2) is 22.4 Å². The van der Waals surface area contributed by atoms with E-state index < -0.39 is 0 Å². The second-order valence-corrected chi connectivity index (χ2v) is 8.93. The SMILES string of the molecule is Cc1ccc(Cl)cc1NN(C=O)C(C)C1CCC(c2ccnc3ccc(F)cc23)CC1. The fourth-order valence-electron chi connectivity index (χ4n) is 4.71. The summed E-state index contributed by atoms with van der Waals surface area (Å²) in [5.41, 5.74) is 7.12. The number of carbonyl (C=O) groups excluding carboxylic acids is 1. The molecule has 2 aromatic carbocycles. The number of anilines is 1. The molecule has 162 valence electrons. The average Bonchev–Trinajstić information content (AvgIpc) is 2.79. The molecule has 1 heterocycles. The first kappa shape index (κ1) is 21.6. The molecule has 3 aromatic rings. The van der Waals surface area contributed by atoms with E-state index in [0.29, 0.717) is 16.9 Å². The third-order valence-corrected chi connectivity index (χ3v) is 6.87. The molecule has 0 radical (unpaired) electrons. The smallest absolute Gasteiger partial charge is 0.228 e. The van der Waals surface area contributed by atoms with Gasteiger partial charge in [-0.1, -0.05) is 17.7 Å². The maximum Gasteiger partial charge on any atom is 0.228 e. The Kier molecular flexibility index (Phi) is 6.42. The summed E-state index contributed by atoms with van der Waals surface area (Å²) in [5, 5.41) is 3.20. The third-order valence-electron chi connectivity index (χ3n) is 6.63. The topological polar surface area (TPSA) is 45.2 Å². The highest BCUT2D eigenvalue weighted by atomic mass is 35.5. The molecule has 1 aromatic heterocycles. The van der Waals surface area contributed by atoms with Crippen molar-refractivity contribution in [3.05, 3.63) is 70.6 Å². The Hall–Kier alpha value is -2.66. The molecule has 31 heavy (non-hydrogen) atoms. The summed E-state index contributed by atoms with van der Waals surface area (Å²) < 4.78 is 13.8. The normalized spacial score (nSPS) is 19.7. The molecule has 6 heteroatoms. The average molecular weight is 440 g/mol. The summed E-state index contributed by atoms with van der Waals surface area (Å²) in [7, 11) is 0. The Morgan fingerprint density at radius 2 is 1.94 bits per heavy atom. The first-order valence-electron chi connectivity index (χ1n) is 10.8. The number of fused-ring (bicyclic) bond motifs is 1. The van der Waals surface area contributed by atoms with Crippen molar-refractivity contribution in [2.75, 3.05) is 5.43 Å². The minimum atomic E-state index is -0.229. The number of hydrogen-bond donors (Lipinski definition) is 1. The number of hydrazine groups is 1. The van der Waals surface area contributed by atoms with Gasteiger partial charge in [0.25, 0.3) is 0 Å². The molecule has 0 bridgehead atoms. The van der Waals surface area contributed by atoms with Crippen molar-refractivity contribution in [3.8, 4) is 0 Å². The van der Waals surface area contributed by atoms with E-state index in [-0.39, 0.29) is 11.9 Å². The van der Waals surface area contributed by atoms with Crippen LogP contribution in [0.15, 0.2) is 48.7 Å². The van der Waals surface area contributed by atoms with Crippen molar-refractivity contribution in [3.63, 3.8) is 0 Å². The van der Waals surface area contributed by atoms with E-state index in [9.17, 15) is 9.18 Å². The van der Waals surface area contributed by atoms with E-state index in [4.69, 9.17) is 11.6 Å². The number of amides is 1. The first-order valence-corrected chi connectivity index (χ1v) is 11.1. The number of aryl methyl sites for hydroxylation is 1. The highest BCUT2D eigenvalue weighted by Crippen LogP contribution is 2.40. The molecule has 1 amide bonds. The van der Waals surface area contributed by atoms with Crippen LogP contribution in [0.2, 0.25) is 5.02 Å². The zero-order chi connectivity index (χ0) is 22.0. The van der Waals surface area contributed by atoms with Gasteiger partial charge in [-0.05, 0) is 98.9 Å². The summed E-state index contributed by atoms with van der Waals surface area (Å²) in [5.74, 6) is 0.537. The van der Waals surface area contributed by atoms with E-state index in [1.165, 1.54) is 11.6 Å². The summed E-state index contributed by atoms with van der Waals surface area (Å²) in [6, 6.07) is 12.5. The van der Waals surface area contributed by atoms with Crippen LogP contribution >= 0.6 is 11.6 Å². The van der Waals surface area contributed by atoms with Gasteiger partial charge in [0.05, 0.1) is 17.2 Å². The van der Waals surface area contributed by atoms with Gasteiger partial charge < -0.3 is 0 Å². The molecule has 1 unspecified atom stereocenters. The summed E-state index contributed by atoms with van der Waals surface area (Å²) in [6.45, 7) is 4.07. The van der Waals surface area contributed by atoms with Gasteiger partial charge in [0.1, 0.15) is 5.82 Å². The highest BCUT2D eigenvalue weighted by molar-refractivity contribution is 6.30. The lowest BCUT2D eigenvalue weighted by molar-refractivity contribution is -0.119. The third kappa shape index (κ3) is 4.67. The van der Waals surface area contributed by atoms with Crippen molar-refractivity contribution < 1.29 is 9.18 Å². The van der Waals surface area contributed by atoms with Crippen LogP contribution in [0, 0.1) is 18.7 Å². The molecular formula is C25H27ClFN3O. The Labute approximate surface area is 187 Å². The molecule has 4 nitrogen and oxygen atoms in total. The predicted octanol–water partition coefficient (Wildman–Crippen LogP) is 6.48. The first-order chi connectivity index (χ1) is 15.0. The van der Waals surface area contributed by atoms with Gasteiger partial charge in [-0.3, -0.25) is 20.2 Å². The van der Waals surface area contributed by atoms with Gasteiger partial charge in [-0.25, -0.2) is 4.39 Å². The van der Waals surface area contributed by atoms with Crippen LogP contribution in [0.1, 0.15) is 49.7 Å². The quantitative estimate of drug-likeness (QED) is 0.353. The highest BCUT2D eigenvalue weighted by Gasteiger charge is 2.30. The number of hydrogen-bond acceptors (Lipinski definition) is 3. The monoisotopic (exact) mass is 439 g/mol. The molecule has 4 rings (SSSR count). The summed E-state index contributed by atoms with van der Waals surface area (Å²) >= 11 is 6.12. The molecule has 1 aliphatic carbocycles. The van der Waals surface area contributed by atoms with E-state index in [2.05, 4.69) is 17.3 Å². The van der Waals surface area contributed by atoms with Crippen LogP contribution in [0.25, 0.3) is 10.9 Å². The zero-order valence-corrected chi connectivity index (χ0v) is 18.6. The molecule has 1 saturated carbocycles. The molecule has 1 aliphatic rings. The van der Waals surface area contributed by atoms with Crippen molar-refractivity contribution in [1.82, 2.24) is 9.99 Å². The number of benzene rings is 2. The van der Waals surface area contributed by atoms with E-state index in [0.717, 1.165) is 54.2 Å². The van der Waals surface area contributed by atoms with E-state index in [1.807, 2.05) is 37.4 Å². The lowest BCUT2D eigenvalue weighted by Gasteiger charge is -2.37. The number of nitrogens with zero attached hydrogens (tertiary/aromatic N) is 2. The van der Waals surface area contributed by atoms with E-state index in [1.54, 1.807) is 17.1 Å². The van der Waals surface area contributed by atoms with Crippen molar-refractivity contribution in [2.45, 2.75) is 51.5 Å². The number of rotatable bonds is 6. The van der Waals surface area contributed by atoms with Gasteiger partial charge in [0.2, 0.25) is 6.41 Å². The van der Waals surface area contributed by atoms with Crippen LogP contribution in [0.3, 0.4) is 0 Å². The lowest BCUT2D eigenvalue weighted by Crippen LogP contribution is -2.42. The molecule has 1 fully saturated rings. The van der Waals surface area contributed by atoms with E-state index >= 15 is 0 Å². The van der Waals surface area contributed by atoms with Crippen molar-refractivity contribution in [2.24, 2.45) is 5.92 Å². The number of carbonyl (C=O) groups is 1. The molecule has 1 atom stereocenters. The van der Waals surface area contributed by atoms with Gasteiger partial charge >= 0.3 is 0 Å². The zero-order valence-electron chi connectivity index (χ0n) is 17.8. The summed E-state index contributed by atoms with van der Waals surface area (Å²) in [6.07, 6.45) is 6.70. The van der Waals surface area contributed by atoms with Gasteiger partial charge in [-0.2, -0.15) is 0 Å². The van der Waals surface area contributed by atoms with Crippen molar-refractivity contribution in [1.29, 1.82) is 0 Å². The number of nitrogens with one attached hydrogen (secondary N) is 1. The summed E-state index contributed by atoms with van der Waals surface area (Å²) in [4.78, 5) is 16.2. The Balaban J connectivity index is 1.45. The van der Waals surface area contributed by atoms with Crippen LogP contribution < -0.4 is 5.43 Å². The largest absolute Gasteiger partial charge is 0.296 e. The maximum atomic E-state index is 13.8. The van der Waals surface area contributed by atoms with Crippen LogP contribution in [0.4, 0.5) is 10.1 Å². The van der Waals surface area contributed by atoms with Gasteiger partial charge in [0.15, 0.2) is 0 Å². The molecule has 1 N–H and O–H groups in total. The van der Waals surface area contributed by atoms with Gasteiger partial charge in [-0.15, -0.1) is 0 Å². The fraction of sp³-hybridized carbons (Fsp3) is 0.360. The second kappa shape index (κ2) is 9.23. The minimum absolute atomic E-state index is 0.0449. The van der Waals surface area contributed by atoms with Crippen LogP contribution in [-0.2, 0) is 4.79 Å². The Bertz CT molecular complexity index is 1080. The predicted molar refractivity (Wildman–Crippen MR) is 124 cm³/mol. The molecular weight excluding hydrogens is 413 g/mol. The lowest BCUT2D eigenvalue weighted by atomic mass is 9.75. The fourth-order valence-corrected chi connectivity index (χ4v) is 4.89. The molecule has 0 aliphatic heterocycles. The molecule has 0 saturated heterocycles. The Morgan fingerprint density at radius 3 is 2.68 bits per heavy atom. The standard InChI is InChI=1S/C25H27ClFN3O/c1-16-3-8-20(26)13-25(16)29-30(15-31)17(2)18-4-6-19(7-5-18)22-11-12-28-24-10-9-21(27)14-23(22)24/h3,8-15,17-19,29H,4-7H2,1-2H3. The number of aromatic nitrogens is 1. The number of pyridine rings is 1.